The summed E-state index contributed by atoms with van der Waals surface area (Å²) in [5.41, 5.74) is 1.66. The molecule has 0 bridgehead atoms. The topological polar surface area (TPSA) is 69.4 Å². The van der Waals surface area contributed by atoms with Crippen molar-refractivity contribution in [1.29, 1.82) is 0 Å². The lowest BCUT2D eigenvalue weighted by molar-refractivity contribution is -0.434. The first-order chi connectivity index (χ1) is 16.0. The van der Waals surface area contributed by atoms with Crippen molar-refractivity contribution >= 4 is 5.97 Å². The Morgan fingerprint density at radius 1 is 1.06 bits per heavy atom. The van der Waals surface area contributed by atoms with Gasteiger partial charge >= 0.3 is 5.97 Å². The third kappa shape index (κ3) is 4.46. The van der Waals surface area contributed by atoms with E-state index in [4.69, 9.17) is 4.74 Å². The zero-order valence-electron chi connectivity index (χ0n) is 22.4. The van der Waals surface area contributed by atoms with Crippen molar-refractivity contribution in [2.45, 2.75) is 118 Å². The molecular formula is C29H47NO4. The van der Waals surface area contributed by atoms with Crippen molar-refractivity contribution in [3.05, 3.63) is 21.4 Å². The molecule has 3 saturated carbocycles. The Labute approximate surface area is 206 Å². The molecule has 0 N–H and O–H groups in total. The second kappa shape index (κ2) is 9.58. The summed E-state index contributed by atoms with van der Waals surface area (Å²) < 4.78 is 5.53. The molecule has 192 valence electrons. The van der Waals surface area contributed by atoms with Gasteiger partial charge in [0.2, 0.25) is 5.70 Å². The fourth-order valence-electron chi connectivity index (χ4n) is 9.29. The van der Waals surface area contributed by atoms with E-state index in [0.717, 1.165) is 36.2 Å². The molecule has 8 atom stereocenters. The van der Waals surface area contributed by atoms with E-state index < -0.39 is 0 Å². The minimum absolute atomic E-state index is 0.0904. The molecule has 0 aromatic heterocycles. The van der Waals surface area contributed by atoms with Crippen LogP contribution in [0.4, 0.5) is 0 Å². The zero-order chi connectivity index (χ0) is 24.8. The highest BCUT2D eigenvalue weighted by Crippen LogP contribution is 2.68. The molecule has 4 aliphatic rings. The molecule has 0 aliphatic heterocycles. The smallest absolute Gasteiger partial charge is 0.302 e. The number of carbonyl (C=O) groups excluding carboxylic acids is 1. The number of allylic oxidation sites excluding steroid dienone is 1. The first kappa shape index (κ1) is 25.7. The molecule has 4 aliphatic carbocycles. The number of hydrogen-bond acceptors (Lipinski definition) is 4. The molecule has 0 radical (unpaired) electrons. The van der Waals surface area contributed by atoms with E-state index in [1.807, 2.05) is 0 Å². The van der Waals surface area contributed by atoms with E-state index >= 15 is 0 Å². The molecule has 0 aromatic rings. The summed E-state index contributed by atoms with van der Waals surface area (Å²) in [5, 5.41) is 12.3. The quantitative estimate of drug-likeness (QED) is 0.217. The largest absolute Gasteiger partial charge is 0.462 e. The first-order valence-corrected chi connectivity index (χ1v) is 14.0. The highest BCUT2D eigenvalue weighted by Gasteiger charge is 2.61. The summed E-state index contributed by atoms with van der Waals surface area (Å²) in [6.07, 6.45) is 11.6. The van der Waals surface area contributed by atoms with Crippen LogP contribution in [-0.2, 0) is 9.53 Å². The maximum atomic E-state index is 12.3. The number of carbonyl (C=O) groups is 1. The summed E-state index contributed by atoms with van der Waals surface area (Å²) in [6, 6.07) is 0. The van der Waals surface area contributed by atoms with Crippen molar-refractivity contribution in [1.82, 2.24) is 0 Å². The van der Waals surface area contributed by atoms with Crippen LogP contribution in [0.1, 0.15) is 112 Å². The average molecular weight is 474 g/mol. The highest BCUT2D eigenvalue weighted by atomic mass is 16.6. The third-order valence-electron chi connectivity index (χ3n) is 10.9. The Morgan fingerprint density at radius 3 is 2.44 bits per heavy atom. The Kier molecular flexibility index (Phi) is 7.24. The molecule has 3 fully saturated rings. The average Bonchev–Trinajstić information content (AvgIpc) is 3.10. The van der Waals surface area contributed by atoms with Gasteiger partial charge in [0.1, 0.15) is 6.10 Å². The van der Waals surface area contributed by atoms with Crippen LogP contribution in [0.15, 0.2) is 11.3 Å². The van der Waals surface area contributed by atoms with E-state index in [0.29, 0.717) is 41.7 Å². The van der Waals surface area contributed by atoms with Crippen LogP contribution < -0.4 is 0 Å². The van der Waals surface area contributed by atoms with Gasteiger partial charge in [-0.05, 0) is 84.9 Å². The van der Waals surface area contributed by atoms with Crippen molar-refractivity contribution in [2.75, 3.05) is 0 Å². The lowest BCUT2D eigenvalue weighted by Gasteiger charge is -2.58. The summed E-state index contributed by atoms with van der Waals surface area (Å²) >= 11 is 0. The number of ether oxygens (including phenoxy) is 1. The van der Waals surface area contributed by atoms with Gasteiger partial charge in [-0.1, -0.05) is 53.9 Å². The van der Waals surface area contributed by atoms with Crippen LogP contribution in [0, 0.1) is 56.5 Å². The number of fused-ring (bicyclic) bond motifs is 5. The van der Waals surface area contributed by atoms with Crippen LogP contribution in [0.3, 0.4) is 0 Å². The van der Waals surface area contributed by atoms with Crippen molar-refractivity contribution in [2.24, 2.45) is 46.3 Å². The molecule has 0 amide bonds. The molecule has 4 rings (SSSR count). The number of nitro groups is 1. The SMILES string of the molecule is CC(=O)OC1CC[C@@]2(C)C(=C([N+](=O)[O-])C[C@H]3[C@@H]4CC[C@H]([C@H](C)CCCC(C)C)[C@@]4(C)CC[C@@H]32)C1. The molecule has 0 aromatic carbocycles. The second-order valence-electron chi connectivity index (χ2n) is 13.2. The molecule has 5 heteroatoms. The monoisotopic (exact) mass is 473 g/mol. The molecule has 0 saturated heterocycles. The Balaban J connectivity index is 1.58. The number of rotatable bonds is 7. The molecule has 0 spiro atoms. The van der Waals surface area contributed by atoms with Gasteiger partial charge < -0.3 is 4.74 Å². The summed E-state index contributed by atoms with van der Waals surface area (Å²) in [4.78, 5) is 23.8. The molecular weight excluding hydrogens is 426 g/mol. The van der Waals surface area contributed by atoms with Crippen molar-refractivity contribution in [3.8, 4) is 0 Å². The van der Waals surface area contributed by atoms with Crippen molar-refractivity contribution < 1.29 is 14.5 Å². The van der Waals surface area contributed by atoms with E-state index in [-0.39, 0.29) is 22.4 Å². The van der Waals surface area contributed by atoms with Gasteiger partial charge in [-0.15, -0.1) is 0 Å². The second-order valence-corrected chi connectivity index (χ2v) is 13.2. The fraction of sp³-hybridized carbons (Fsp3) is 0.897. The van der Waals surface area contributed by atoms with Crippen LogP contribution in [0.2, 0.25) is 0 Å². The van der Waals surface area contributed by atoms with Gasteiger partial charge in [0.05, 0.1) is 4.92 Å². The van der Waals surface area contributed by atoms with Gasteiger partial charge in [-0.2, -0.15) is 0 Å². The lowest BCUT2D eigenvalue weighted by Crippen LogP contribution is -2.52. The maximum Gasteiger partial charge on any atom is 0.302 e. The summed E-state index contributed by atoms with van der Waals surface area (Å²) in [7, 11) is 0. The van der Waals surface area contributed by atoms with E-state index in [9.17, 15) is 14.9 Å². The predicted molar refractivity (Wildman–Crippen MR) is 135 cm³/mol. The zero-order valence-corrected chi connectivity index (χ0v) is 22.4. The van der Waals surface area contributed by atoms with Crippen LogP contribution in [0.5, 0.6) is 0 Å². The van der Waals surface area contributed by atoms with Gasteiger partial charge in [0, 0.05) is 25.3 Å². The minimum Gasteiger partial charge on any atom is -0.462 e. The van der Waals surface area contributed by atoms with Gasteiger partial charge in [0.15, 0.2) is 0 Å². The molecule has 1 unspecified atom stereocenters. The highest BCUT2D eigenvalue weighted by molar-refractivity contribution is 5.66. The van der Waals surface area contributed by atoms with Crippen molar-refractivity contribution in [3.63, 3.8) is 0 Å². The van der Waals surface area contributed by atoms with Gasteiger partial charge in [0.25, 0.3) is 0 Å². The van der Waals surface area contributed by atoms with Crippen LogP contribution in [0.25, 0.3) is 0 Å². The Bertz CT molecular complexity index is 834. The Morgan fingerprint density at radius 2 is 1.79 bits per heavy atom. The number of esters is 1. The molecule has 0 heterocycles. The fourth-order valence-corrected chi connectivity index (χ4v) is 9.29. The molecule has 5 nitrogen and oxygen atoms in total. The molecule has 34 heavy (non-hydrogen) atoms. The standard InChI is InChI=1S/C29H47NO4/c1-18(2)8-7-9-19(3)23-10-11-24-22-17-27(30(32)33)26-16-21(34-20(4)31)12-14-29(26,6)25(22)13-15-28(23,24)5/h18-19,21-25H,7-17H2,1-6H3/t19-,21?,22+,23-,24+,25+,28-,29-/m1/s1. The number of nitrogens with zero attached hydrogens (tertiary/aromatic N) is 1. The van der Waals surface area contributed by atoms with Crippen LogP contribution in [-0.4, -0.2) is 17.0 Å². The van der Waals surface area contributed by atoms with Gasteiger partial charge in [-0.3, -0.25) is 14.9 Å². The van der Waals surface area contributed by atoms with E-state index in [1.165, 1.54) is 51.9 Å². The summed E-state index contributed by atoms with van der Waals surface area (Å²) in [6.45, 7) is 13.4. The number of hydrogen-bond donors (Lipinski definition) is 0. The normalized spacial score (nSPS) is 40.4. The van der Waals surface area contributed by atoms with Gasteiger partial charge in [-0.25, -0.2) is 0 Å². The first-order valence-electron chi connectivity index (χ1n) is 14.0. The lowest BCUT2D eigenvalue weighted by atomic mass is 9.46. The van der Waals surface area contributed by atoms with Crippen LogP contribution >= 0.6 is 0 Å². The van der Waals surface area contributed by atoms with E-state index in [1.54, 1.807) is 0 Å². The maximum absolute atomic E-state index is 12.3. The minimum atomic E-state index is -0.279. The Hall–Kier alpha value is -1.39. The van der Waals surface area contributed by atoms with E-state index in [2.05, 4.69) is 34.6 Å². The third-order valence-corrected chi connectivity index (χ3v) is 10.9. The predicted octanol–water partition coefficient (Wildman–Crippen LogP) is 7.56. The summed E-state index contributed by atoms with van der Waals surface area (Å²) in [5.74, 6) is 3.53.